The molecule has 3 heteroatoms. The molecule has 1 aromatic rings. The van der Waals surface area contributed by atoms with Crippen molar-refractivity contribution < 1.29 is 4.74 Å². The van der Waals surface area contributed by atoms with Crippen molar-refractivity contribution in [3.63, 3.8) is 0 Å². The van der Waals surface area contributed by atoms with Gasteiger partial charge in [-0.3, -0.25) is 0 Å². The maximum Gasteiger partial charge on any atom is 0.123 e. The Bertz CT molecular complexity index is 385. The van der Waals surface area contributed by atoms with Crippen molar-refractivity contribution in [1.82, 2.24) is 5.32 Å². The van der Waals surface area contributed by atoms with Crippen molar-refractivity contribution in [2.75, 3.05) is 14.2 Å². The van der Waals surface area contributed by atoms with Gasteiger partial charge in [-0.05, 0) is 43.5 Å². The van der Waals surface area contributed by atoms with Crippen molar-refractivity contribution in [3.8, 4) is 5.75 Å². The van der Waals surface area contributed by atoms with Gasteiger partial charge in [-0.2, -0.15) is 0 Å². The molecule has 0 aliphatic carbocycles. The Labute approximate surface area is 116 Å². The van der Waals surface area contributed by atoms with Crippen molar-refractivity contribution in [3.05, 3.63) is 28.8 Å². The summed E-state index contributed by atoms with van der Waals surface area (Å²) in [5.41, 5.74) is 1.47. The second kappa shape index (κ2) is 6.44. The van der Waals surface area contributed by atoms with Crippen molar-refractivity contribution in [2.45, 2.75) is 39.7 Å². The van der Waals surface area contributed by atoms with Crippen LogP contribution in [0.4, 0.5) is 0 Å². The second-order valence-electron chi connectivity index (χ2n) is 5.83. The fourth-order valence-electron chi connectivity index (χ4n) is 2.01. The zero-order valence-corrected chi connectivity index (χ0v) is 12.8. The quantitative estimate of drug-likeness (QED) is 0.854. The third kappa shape index (κ3) is 4.51. The first kappa shape index (κ1) is 15.3. The molecular formula is C15H24ClNO. The predicted octanol–water partition coefficient (Wildman–Crippen LogP) is 4.44. The van der Waals surface area contributed by atoms with Crippen LogP contribution in [0.1, 0.15) is 45.2 Å². The molecular weight excluding hydrogens is 246 g/mol. The van der Waals surface area contributed by atoms with Crippen LogP contribution in [0.15, 0.2) is 18.2 Å². The van der Waals surface area contributed by atoms with E-state index in [1.165, 1.54) is 0 Å². The Kier molecular flexibility index (Phi) is 5.48. The summed E-state index contributed by atoms with van der Waals surface area (Å²) in [7, 11) is 3.68. The molecule has 0 fully saturated rings. The molecule has 0 amide bonds. The maximum absolute atomic E-state index is 6.08. The van der Waals surface area contributed by atoms with E-state index in [1.807, 2.05) is 25.2 Å². The summed E-state index contributed by atoms with van der Waals surface area (Å²) in [6.45, 7) is 6.78. The van der Waals surface area contributed by atoms with E-state index in [4.69, 9.17) is 16.3 Å². The van der Waals surface area contributed by atoms with Crippen LogP contribution in [-0.4, -0.2) is 14.2 Å². The molecule has 1 aromatic carbocycles. The highest BCUT2D eigenvalue weighted by Crippen LogP contribution is 2.33. The van der Waals surface area contributed by atoms with Crippen LogP contribution >= 0.6 is 11.6 Å². The fourth-order valence-corrected chi connectivity index (χ4v) is 2.19. The van der Waals surface area contributed by atoms with Gasteiger partial charge in [0.25, 0.3) is 0 Å². The molecule has 18 heavy (non-hydrogen) atoms. The fraction of sp³-hybridized carbons (Fsp3) is 0.600. The average molecular weight is 270 g/mol. The van der Waals surface area contributed by atoms with Crippen LogP contribution in [0.5, 0.6) is 5.75 Å². The van der Waals surface area contributed by atoms with Gasteiger partial charge < -0.3 is 10.1 Å². The van der Waals surface area contributed by atoms with Crippen LogP contribution < -0.4 is 10.1 Å². The molecule has 1 atom stereocenters. The molecule has 0 heterocycles. The number of rotatable bonds is 5. The Hall–Kier alpha value is -0.730. The van der Waals surface area contributed by atoms with Gasteiger partial charge in [0.05, 0.1) is 7.11 Å². The van der Waals surface area contributed by atoms with Gasteiger partial charge in [0.2, 0.25) is 0 Å². The number of benzene rings is 1. The average Bonchev–Trinajstić information content (AvgIpc) is 2.28. The summed E-state index contributed by atoms with van der Waals surface area (Å²) >= 11 is 6.08. The highest BCUT2D eigenvalue weighted by molar-refractivity contribution is 6.30. The van der Waals surface area contributed by atoms with Crippen molar-refractivity contribution >= 4 is 11.6 Å². The molecule has 0 aliphatic heterocycles. The Morgan fingerprint density at radius 3 is 2.50 bits per heavy atom. The van der Waals surface area contributed by atoms with Gasteiger partial charge in [-0.1, -0.05) is 32.4 Å². The monoisotopic (exact) mass is 269 g/mol. The van der Waals surface area contributed by atoms with Gasteiger partial charge in [-0.15, -0.1) is 0 Å². The third-order valence-corrected chi connectivity index (χ3v) is 3.33. The lowest BCUT2D eigenvalue weighted by Crippen LogP contribution is -2.19. The number of ether oxygens (including phenoxy) is 1. The molecule has 0 radical (unpaired) electrons. The van der Waals surface area contributed by atoms with Gasteiger partial charge in [0.15, 0.2) is 0 Å². The maximum atomic E-state index is 6.08. The smallest absolute Gasteiger partial charge is 0.123 e. The first-order valence-electron chi connectivity index (χ1n) is 6.38. The lowest BCUT2D eigenvalue weighted by molar-refractivity contribution is 0.332. The highest BCUT2D eigenvalue weighted by Gasteiger charge is 2.18. The molecule has 1 unspecified atom stereocenters. The van der Waals surface area contributed by atoms with E-state index >= 15 is 0 Å². The third-order valence-electron chi connectivity index (χ3n) is 3.10. The van der Waals surface area contributed by atoms with Crippen molar-refractivity contribution in [2.24, 2.45) is 5.41 Å². The molecule has 1 rings (SSSR count). The van der Waals surface area contributed by atoms with Gasteiger partial charge in [-0.25, -0.2) is 0 Å². The summed E-state index contributed by atoms with van der Waals surface area (Å²) in [5.74, 6) is 0.896. The van der Waals surface area contributed by atoms with Gasteiger partial charge >= 0.3 is 0 Å². The number of halogens is 1. The SMILES string of the molecule is CNC(CCC(C)(C)C)c1cc(Cl)ccc1OC. The summed E-state index contributed by atoms with van der Waals surface area (Å²) in [4.78, 5) is 0. The van der Waals surface area contributed by atoms with Crippen LogP contribution in [0.2, 0.25) is 5.02 Å². The van der Waals surface area contributed by atoms with E-state index in [9.17, 15) is 0 Å². The van der Waals surface area contributed by atoms with E-state index in [1.54, 1.807) is 7.11 Å². The normalized spacial score (nSPS) is 13.4. The number of nitrogens with one attached hydrogen (secondary N) is 1. The topological polar surface area (TPSA) is 21.3 Å². The standard InChI is InChI=1S/C15H24ClNO/c1-15(2,3)9-8-13(17-4)12-10-11(16)6-7-14(12)18-5/h6-7,10,13,17H,8-9H2,1-5H3. The largest absolute Gasteiger partial charge is 0.496 e. The summed E-state index contributed by atoms with van der Waals surface area (Å²) in [5, 5.41) is 4.11. The number of methoxy groups -OCH3 is 1. The van der Waals surface area contributed by atoms with Crippen LogP contribution in [0, 0.1) is 5.41 Å². The zero-order chi connectivity index (χ0) is 13.8. The Morgan fingerprint density at radius 1 is 1.33 bits per heavy atom. The second-order valence-corrected chi connectivity index (χ2v) is 6.26. The molecule has 0 saturated carbocycles. The lowest BCUT2D eigenvalue weighted by atomic mass is 9.87. The lowest BCUT2D eigenvalue weighted by Gasteiger charge is -2.24. The van der Waals surface area contributed by atoms with E-state index in [0.29, 0.717) is 5.41 Å². The molecule has 0 bridgehead atoms. The Morgan fingerprint density at radius 2 is 2.00 bits per heavy atom. The predicted molar refractivity (Wildman–Crippen MR) is 78.5 cm³/mol. The summed E-state index contributed by atoms with van der Waals surface area (Å²) < 4.78 is 5.42. The number of hydrogen-bond acceptors (Lipinski definition) is 2. The van der Waals surface area contributed by atoms with Crippen molar-refractivity contribution in [1.29, 1.82) is 0 Å². The van der Waals surface area contributed by atoms with Gasteiger partial charge in [0.1, 0.15) is 5.75 Å². The zero-order valence-electron chi connectivity index (χ0n) is 12.0. The first-order chi connectivity index (χ1) is 8.37. The minimum absolute atomic E-state index is 0.276. The molecule has 1 N–H and O–H groups in total. The van der Waals surface area contributed by atoms with E-state index in [-0.39, 0.29) is 6.04 Å². The molecule has 0 aliphatic rings. The minimum Gasteiger partial charge on any atom is -0.496 e. The molecule has 2 nitrogen and oxygen atoms in total. The van der Waals surface area contributed by atoms with Crippen LogP contribution in [0.3, 0.4) is 0 Å². The van der Waals surface area contributed by atoms with E-state index < -0.39 is 0 Å². The molecule has 0 spiro atoms. The minimum atomic E-state index is 0.276. The number of hydrogen-bond donors (Lipinski definition) is 1. The molecule has 0 aromatic heterocycles. The summed E-state index contributed by atoms with van der Waals surface area (Å²) in [6.07, 6.45) is 2.21. The van der Waals surface area contributed by atoms with Crippen LogP contribution in [-0.2, 0) is 0 Å². The Balaban J connectivity index is 2.90. The van der Waals surface area contributed by atoms with E-state index in [0.717, 1.165) is 29.2 Å². The highest BCUT2D eigenvalue weighted by atomic mass is 35.5. The van der Waals surface area contributed by atoms with Gasteiger partial charge in [0, 0.05) is 16.6 Å². The molecule has 102 valence electrons. The molecule has 0 saturated heterocycles. The van der Waals surface area contributed by atoms with E-state index in [2.05, 4.69) is 26.1 Å². The van der Waals surface area contributed by atoms with Crippen LogP contribution in [0.25, 0.3) is 0 Å². The first-order valence-corrected chi connectivity index (χ1v) is 6.76. The summed E-state index contributed by atoms with van der Waals surface area (Å²) in [6, 6.07) is 6.06.